The van der Waals surface area contributed by atoms with Crippen LogP contribution in [0.4, 0.5) is 0 Å². The number of carbonyl (C=O) groups excluding carboxylic acids is 2. The third kappa shape index (κ3) is 3.68. The predicted octanol–water partition coefficient (Wildman–Crippen LogP) is 3.06. The molecule has 0 aliphatic carbocycles. The Morgan fingerprint density at radius 3 is 2.45 bits per heavy atom. The molecule has 3 rings (SSSR count). The van der Waals surface area contributed by atoms with Gasteiger partial charge in [0.2, 0.25) is 0 Å². The number of hydrogen-bond donors (Lipinski definition) is 1. The minimum atomic E-state index is -0.702. The number of pyridine rings is 1. The Bertz CT molecular complexity index is 1130. The average molecular weight is 396 g/mol. The zero-order valence-corrected chi connectivity index (χ0v) is 16.8. The lowest BCUT2D eigenvalue weighted by Gasteiger charge is -2.13. The second kappa shape index (κ2) is 8.34. The molecule has 0 bridgehead atoms. The maximum Gasteiger partial charge on any atom is 0.358 e. The lowest BCUT2D eigenvalue weighted by Crippen LogP contribution is -2.27. The van der Waals surface area contributed by atoms with Gasteiger partial charge in [0, 0.05) is 18.3 Å². The van der Waals surface area contributed by atoms with E-state index in [1.165, 1.54) is 9.13 Å². The van der Waals surface area contributed by atoms with Crippen molar-refractivity contribution in [2.75, 3.05) is 6.61 Å². The fraction of sp³-hybridized carbons (Fsp3) is 0.318. The molecule has 0 saturated heterocycles. The van der Waals surface area contributed by atoms with Crippen LogP contribution < -0.4 is 5.56 Å². The van der Waals surface area contributed by atoms with Crippen molar-refractivity contribution in [2.24, 2.45) is 7.05 Å². The molecule has 2 aromatic heterocycles. The van der Waals surface area contributed by atoms with Gasteiger partial charge in [0.05, 0.1) is 18.7 Å². The molecule has 0 unspecified atom stereocenters. The molecule has 3 aromatic rings. The molecular formula is C22H24N2O5. The van der Waals surface area contributed by atoms with Gasteiger partial charge in [0.15, 0.2) is 17.2 Å². The second-order valence-corrected chi connectivity index (χ2v) is 6.80. The van der Waals surface area contributed by atoms with Gasteiger partial charge in [-0.1, -0.05) is 43.7 Å². The van der Waals surface area contributed by atoms with E-state index in [2.05, 4.69) is 0 Å². The Hall–Kier alpha value is -3.35. The number of hydrogen-bond acceptors (Lipinski definition) is 5. The Kier molecular flexibility index (Phi) is 5.87. The number of aromatic nitrogens is 2. The van der Waals surface area contributed by atoms with Crippen molar-refractivity contribution in [2.45, 2.75) is 33.2 Å². The average Bonchev–Trinajstić information content (AvgIpc) is 2.96. The number of benzene rings is 1. The lowest BCUT2D eigenvalue weighted by molar-refractivity contribution is 0.0512. The van der Waals surface area contributed by atoms with Crippen molar-refractivity contribution in [3.8, 4) is 5.75 Å². The third-order valence-corrected chi connectivity index (χ3v) is 4.90. The van der Waals surface area contributed by atoms with Crippen LogP contribution in [0.3, 0.4) is 0 Å². The summed E-state index contributed by atoms with van der Waals surface area (Å²) >= 11 is 0. The van der Waals surface area contributed by atoms with E-state index in [0.717, 1.165) is 6.42 Å². The van der Waals surface area contributed by atoms with Gasteiger partial charge in [0.25, 0.3) is 5.56 Å². The van der Waals surface area contributed by atoms with Crippen LogP contribution in [0.5, 0.6) is 5.75 Å². The normalized spacial score (nSPS) is 11.0. The van der Waals surface area contributed by atoms with E-state index in [0.29, 0.717) is 23.2 Å². The van der Waals surface area contributed by atoms with Crippen molar-refractivity contribution in [1.82, 2.24) is 9.13 Å². The fourth-order valence-electron chi connectivity index (χ4n) is 3.50. The highest BCUT2D eigenvalue weighted by Gasteiger charge is 2.26. The minimum Gasteiger partial charge on any atom is -0.505 e. The zero-order chi connectivity index (χ0) is 21.1. The number of aromatic hydroxyl groups is 1. The smallest absolute Gasteiger partial charge is 0.358 e. The van der Waals surface area contributed by atoms with Gasteiger partial charge in [0.1, 0.15) is 5.39 Å². The molecule has 29 heavy (non-hydrogen) atoms. The second-order valence-electron chi connectivity index (χ2n) is 6.80. The van der Waals surface area contributed by atoms with Crippen LogP contribution in [0.1, 0.15) is 46.8 Å². The number of nitrogens with zero attached hydrogens (tertiary/aromatic N) is 2. The van der Waals surface area contributed by atoms with E-state index < -0.39 is 17.3 Å². The van der Waals surface area contributed by atoms with E-state index in [1.54, 1.807) is 44.3 Å². The predicted molar refractivity (Wildman–Crippen MR) is 110 cm³/mol. The Morgan fingerprint density at radius 2 is 1.83 bits per heavy atom. The highest BCUT2D eigenvalue weighted by molar-refractivity contribution is 6.01. The number of ketones is 1. The first-order chi connectivity index (χ1) is 13.9. The van der Waals surface area contributed by atoms with Gasteiger partial charge in [-0.25, -0.2) is 4.79 Å². The summed E-state index contributed by atoms with van der Waals surface area (Å²) < 4.78 is 7.86. The molecule has 1 N–H and O–H groups in total. The van der Waals surface area contributed by atoms with Gasteiger partial charge in [-0.15, -0.1) is 0 Å². The molecule has 0 fully saturated rings. The molecule has 152 valence electrons. The van der Waals surface area contributed by atoms with Gasteiger partial charge in [-0.2, -0.15) is 0 Å². The summed E-state index contributed by atoms with van der Waals surface area (Å²) in [6.07, 6.45) is 1.35. The zero-order valence-electron chi connectivity index (χ0n) is 16.8. The molecule has 2 heterocycles. The molecule has 0 aliphatic heterocycles. The molecular weight excluding hydrogens is 372 g/mol. The Morgan fingerprint density at radius 1 is 1.14 bits per heavy atom. The SMILES string of the molecule is CCCc1cc2c(c(O)c(C(=O)OCC)n2C)c(=O)n1CC(=O)c1ccccc1. The first-order valence-electron chi connectivity index (χ1n) is 9.60. The molecule has 0 amide bonds. The largest absolute Gasteiger partial charge is 0.505 e. The molecule has 0 saturated carbocycles. The quantitative estimate of drug-likeness (QED) is 0.490. The Labute approximate surface area is 168 Å². The fourth-order valence-corrected chi connectivity index (χ4v) is 3.50. The van der Waals surface area contributed by atoms with Crippen molar-refractivity contribution in [1.29, 1.82) is 0 Å². The molecule has 0 radical (unpaired) electrons. The number of rotatable bonds is 7. The summed E-state index contributed by atoms with van der Waals surface area (Å²) in [5.41, 5.74) is 1.03. The molecule has 0 spiro atoms. The van der Waals surface area contributed by atoms with Crippen molar-refractivity contribution in [3.05, 3.63) is 63.7 Å². The van der Waals surface area contributed by atoms with E-state index in [1.807, 2.05) is 13.0 Å². The van der Waals surface area contributed by atoms with Crippen LogP contribution in [0, 0.1) is 0 Å². The molecule has 7 nitrogen and oxygen atoms in total. The van der Waals surface area contributed by atoms with Gasteiger partial charge in [-0.05, 0) is 19.4 Å². The lowest BCUT2D eigenvalue weighted by atomic mass is 10.1. The highest BCUT2D eigenvalue weighted by Crippen LogP contribution is 2.30. The number of aryl methyl sites for hydroxylation is 2. The standard InChI is InChI=1S/C22H24N2O5/c1-4-9-15-12-16-18(20(26)19(23(16)3)22(28)29-5-2)21(27)24(15)13-17(25)14-10-7-6-8-11-14/h6-8,10-12,26H,4-5,9,13H2,1-3H3. The van der Waals surface area contributed by atoms with Gasteiger partial charge >= 0.3 is 5.97 Å². The maximum atomic E-state index is 13.2. The van der Waals surface area contributed by atoms with Crippen LogP contribution in [0.25, 0.3) is 10.9 Å². The summed E-state index contributed by atoms with van der Waals surface area (Å²) in [7, 11) is 1.60. The number of esters is 1. The van der Waals surface area contributed by atoms with Crippen LogP contribution in [0.2, 0.25) is 0 Å². The summed E-state index contributed by atoms with van der Waals surface area (Å²) in [4.78, 5) is 38.2. The van der Waals surface area contributed by atoms with Crippen molar-refractivity contribution in [3.63, 3.8) is 0 Å². The molecule has 0 atom stereocenters. The number of carbonyl (C=O) groups is 2. The number of fused-ring (bicyclic) bond motifs is 1. The van der Waals surface area contributed by atoms with Crippen LogP contribution >= 0.6 is 0 Å². The summed E-state index contributed by atoms with van der Waals surface area (Å²) in [5, 5.41) is 10.6. The molecule has 7 heteroatoms. The van der Waals surface area contributed by atoms with E-state index in [4.69, 9.17) is 4.74 Å². The summed E-state index contributed by atoms with van der Waals surface area (Å²) in [5.74, 6) is -1.33. The van der Waals surface area contributed by atoms with E-state index >= 15 is 0 Å². The Balaban J connectivity index is 2.19. The first-order valence-corrected chi connectivity index (χ1v) is 9.60. The summed E-state index contributed by atoms with van der Waals surface area (Å²) in [6.45, 7) is 3.65. The topological polar surface area (TPSA) is 90.5 Å². The third-order valence-electron chi connectivity index (χ3n) is 4.90. The van der Waals surface area contributed by atoms with Crippen molar-refractivity contribution < 1.29 is 19.4 Å². The number of ether oxygens (including phenoxy) is 1. The first kappa shape index (κ1) is 20.4. The van der Waals surface area contributed by atoms with Gasteiger partial charge in [-0.3, -0.25) is 9.59 Å². The highest BCUT2D eigenvalue weighted by atomic mass is 16.5. The minimum absolute atomic E-state index is 0.0104. The van der Waals surface area contributed by atoms with Crippen LogP contribution in [-0.4, -0.2) is 32.6 Å². The van der Waals surface area contributed by atoms with Crippen molar-refractivity contribution >= 4 is 22.7 Å². The summed E-state index contributed by atoms with van der Waals surface area (Å²) in [6, 6.07) is 10.5. The maximum absolute atomic E-state index is 13.2. The van der Waals surface area contributed by atoms with Gasteiger partial charge < -0.3 is 19.0 Å². The van der Waals surface area contributed by atoms with E-state index in [9.17, 15) is 19.5 Å². The van der Waals surface area contributed by atoms with Crippen LogP contribution in [0.15, 0.2) is 41.2 Å². The monoisotopic (exact) mass is 396 g/mol. The molecule has 0 aliphatic rings. The molecule has 1 aromatic carbocycles. The van der Waals surface area contributed by atoms with E-state index in [-0.39, 0.29) is 30.0 Å². The van der Waals surface area contributed by atoms with Crippen LogP contribution in [-0.2, 0) is 24.8 Å². The number of Topliss-reactive ketones (excluding diaryl/α,β-unsaturated/α-hetero) is 1.